The van der Waals surface area contributed by atoms with Crippen LogP contribution in [0.3, 0.4) is 0 Å². The van der Waals surface area contributed by atoms with Gasteiger partial charge in [0.2, 0.25) is 0 Å². The van der Waals surface area contributed by atoms with Crippen LogP contribution in [0.1, 0.15) is 41.6 Å². The van der Waals surface area contributed by atoms with Crippen molar-refractivity contribution in [3.63, 3.8) is 0 Å². The number of hydrogen-bond donors (Lipinski definition) is 1. The number of carbonyl (C=O) groups excluding carboxylic acids is 1. The first-order valence-electron chi connectivity index (χ1n) is 8.97. The standard InChI is InChI=1S/C18H18F4N6O2S/c1-10(14-24-9-25-28(14)16-27(3)8-17(2,7-23)31-16)26-15(29)11-4-12(19)6-13(5-11)30-18(20,21)22/h4-6,9-10,16H,8H2,1-3H3,(H,26,29)/t10-,16?,17?/m0/s1. The molecule has 0 aliphatic carbocycles. The highest BCUT2D eigenvalue weighted by Crippen LogP contribution is 2.44. The molecule has 0 saturated carbocycles. The van der Waals surface area contributed by atoms with Gasteiger partial charge in [0.15, 0.2) is 11.3 Å². The van der Waals surface area contributed by atoms with E-state index in [1.54, 1.807) is 18.5 Å². The summed E-state index contributed by atoms with van der Waals surface area (Å²) in [5.41, 5.74) is -0.691. The lowest BCUT2D eigenvalue weighted by Gasteiger charge is -2.22. The van der Waals surface area contributed by atoms with Gasteiger partial charge in [0.1, 0.15) is 22.6 Å². The Morgan fingerprint density at radius 2 is 2.16 bits per heavy atom. The summed E-state index contributed by atoms with van der Waals surface area (Å²) in [5, 5.41) is 16.2. The number of hydrogen-bond acceptors (Lipinski definition) is 7. The van der Waals surface area contributed by atoms with E-state index in [-0.39, 0.29) is 11.1 Å². The minimum atomic E-state index is -5.02. The van der Waals surface area contributed by atoms with Crippen molar-refractivity contribution in [2.75, 3.05) is 13.6 Å². The van der Waals surface area contributed by atoms with Gasteiger partial charge in [-0.25, -0.2) is 14.1 Å². The molecule has 0 spiro atoms. The normalized spacial score (nSPS) is 22.7. The zero-order chi connectivity index (χ0) is 23.0. The second kappa shape index (κ2) is 8.35. The maximum absolute atomic E-state index is 13.7. The molecular weight excluding hydrogens is 440 g/mol. The fraction of sp³-hybridized carbons (Fsp3) is 0.444. The lowest BCUT2D eigenvalue weighted by molar-refractivity contribution is -0.274. The zero-order valence-electron chi connectivity index (χ0n) is 16.6. The molecule has 2 aromatic rings. The molecule has 3 rings (SSSR count). The zero-order valence-corrected chi connectivity index (χ0v) is 17.5. The van der Waals surface area contributed by atoms with Gasteiger partial charge >= 0.3 is 6.36 Å². The Labute approximate surface area is 179 Å². The van der Waals surface area contributed by atoms with Crippen LogP contribution in [0.2, 0.25) is 0 Å². The third-order valence-corrected chi connectivity index (χ3v) is 5.95. The minimum absolute atomic E-state index is 0.345. The SMILES string of the molecule is C[C@H](NC(=O)c1cc(F)cc(OC(F)(F)F)c1)c1ncnn1C1SC(C)(C#N)CN1C. The monoisotopic (exact) mass is 458 g/mol. The van der Waals surface area contributed by atoms with Crippen LogP contribution in [0.5, 0.6) is 5.75 Å². The third-order valence-electron chi connectivity index (χ3n) is 4.44. The number of benzene rings is 1. The summed E-state index contributed by atoms with van der Waals surface area (Å²) in [5.74, 6) is -2.35. The highest BCUT2D eigenvalue weighted by molar-refractivity contribution is 8.01. The maximum atomic E-state index is 13.7. The largest absolute Gasteiger partial charge is 0.573 e. The number of aromatic nitrogens is 3. The van der Waals surface area contributed by atoms with E-state index in [2.05, 4.69) is 26.2 Å². The molecular formula is C18H18F4N6O2S. The van der Waals surface area contributed by atoms with Crippen LogP contribution >= 0.6 is 11.8 Å². The Morgan fingerprint density at radius 1 is 1.45 bits per heavy atom. The van der Waals surface area contributed by atoms with Gasteiger partial charge < -0.3 is 10.1 Å². The lowest BCUT2D eigenvalue weighted by Crippen LogP contribution is -2.32. The molecule has 1 aromatic heterocycles. The Morgan fingerprint density at radius 3 is 2.77 bits per heavy atom. The van der Waals surface area contributed by atoms with Crippen molar-refractivity contribution in [1.29, 1.82) is 5.26 Å². The van der Waals surface area contributed by atoms with Crippen molar-refractivity contribution in [3.8, 4) is 11.8 Å². The van der Waals surface area contributed by atoms with Gasteiger partial charge in [-0.1, -0.05) is 11.8 Å². The van der Waals surface area contributed by atoms with Crippen LogP contribution in [0.25, 0.3) is 0 Å². The molecule has 166 valence electrons. The van der Waals surface area contributed by atoms with Crippen LogP contribution in [0.4, 0.5) is 17.6 Å². The number of alkyl halides is 3. The highest BCUT2D eigenvalue weighted by atomic mass is 32.2. The molecule has 31 heavy (non-hydrogen) atoms. The van der Waals surface area contributed by atoms with Crippen LogP contribution in [-0.4, -0.2) is 50.3 Å². The summed E-state index contributed by atoms with van der Waals surface area (Å²) in [6.45, 7) is 3.90. The number of ether oxygens (including phenoxy) is 1. The number of nitrogens with zero attached hydrogens (tertiary/aromatic N) is 5. The average Bonchev–Trinajstić information content (AvgIpc) is 3.24. The second-order valence-corrected chi connectivity index (χ2v) is 8.74. The molecule has 2 unspecified atom stereocenters. The number of nitriles is 1. The number of carbonyl (C=O) groups is 1. The first-order valence-corrected chi connectivity index (χ1v) is 9.85. The van der Waals surface area contributed by atoms with E-state index in [0.29, 0.717) is 18.4 Å². The number of amides is 1. The average molecular weight is 458 g/mol. The first kappa shape index (κ1) is 22.8. The van der Waals surface area contributed by atoms with E-state index in [0.717, 1.165) is 12.1 Å². The molecule has 13 heteroatoms. The minimum Gasteiger partial charge on any atom is -0.406 e. The second-order valence-electron chi connectivity index (χ2n) is 7.18. The summed E-state index contributed by atoms with van der Waals surface area (Å²) in [6, 6.07) is 3.67. The molecule has 1 amide bonds. The van der Waals surface area contributed by atoms with E-state index in [9.17, 15) is 27.6 Å². The smallest absolute Gasteiger partial charge is 0.406 e. The summed E-state index contributed by atoms with van der Waals surface area (Å²) in [7, 11) is 1.82. The van der Waals surface area contributed by atoms with E-state index < -0.39 is 34.6 Å². The molecule has 0 radical (unpaired) electrons. The third kappa shape index (κ3) is 5.26. The molecule has 3 atom stereocenters. The van der Waals surface area contributed by atoms with Gasteiger partial charge in [0.05, 0.1) is 12.1 Å². The van der Waals surface area contributed by atoms with Gasteiger partial charge in [-0.3, -0.25) is 9.69 Å². The van der Waals surface area contributed by atoms with E-state index in [1.165, 1.54) is 18.1 Å². The molecule has 1 saturated heterocycles. The van der Waals surface area contributed by atoms with Crippen LogP contribution < -0.4 is 10.1 Å². The van der Waals surface area contributed by atoms with Crippen molar-refractivity contribution in [3.05, 3.63) is 41.7 Å². The quantitative estimate of drug-likeness (QED) is 0.688. The van der Waals surface area contributed by atoms with Crippen LogP contribution in [0, 0.1) is 17.1 Å². The predicted molar refractivity (Wildman–Crippen MR) is 102 cm³/mol. The lowest BCUT2D eigenvalue weighted by atomic mass is 10.1. The summed E-state index contributed by atoms with van der Waals surface area (Å²) in [6.07, 6.45) is -3.72. The van der Waals surface area contributed by atoms with Crippen molar-refractivity contribution in [2.45, 2.75) is 36.5 Å². The van der Waals surface area contributed by atoms with Crippen molar-refractivity contribution < 1.29 is 27.1 Å². The molecule has 1 aliphatic heterocycles. The van der Waals surface area contributed by atoms with Gasteiger partial charge in [0, 0.05) is 18.2 Å². The summed E-state index contributed by atoms with van der Waals surface area (Å²) < 4.78 is 55.6. The van der Waals surface area contributed by atoms with E-state index >= 15 is 0 Å². The Balaban J connectivity index is 1.78. The Kier molecular flexibility index (Phi) is 6.15. The van der Waals surface area contributed by atoms with Crippen molar-refractivity contribution in [2.24, 2.45) is 0 Å². The van der Waals surface area contributed by atoms with E-state index in [4.69, 9.17) is 0 Å². The van der Waals surface area contributed by atoms with Gasteiger partial charge in [-0.05, 0) is 33.0 Å². The van der Waals surface area contributed by atoms with Crippen molar-refractivity contribution >= 4 is 17.7 Å². The topological polar surface area (TPSA) is 96.1 Å². The van der Waals surface area contributed by atoms with Gasteiger partial charge in [-0.15, -0.1) is 13.2 Å². The highest BCUT2D eigenvalue weighted by Gasteiger charge is 2.42. The molecule has 1 aliphatic rings. The molecule has 1 aromatic carbocycles. The molecule has 1 N–H and O–H groups in total. The number of halogens is 4. The molecule has 0 bridgehead atoms. The molecule has 2 heterocycles. The number of thioether (sulfide) groups is 1. The Hall–Kier alpha value is -2.85. The first-order chi connectivity index (χ1) is 14.4. The fourth-order valence-corrected chi connectivity index (χ4v) is 4.50. The van der Waals surface area contributed by atoms with Crippen molar-refractivity contribution in [1.82, 2.24) is 25.0 Å². The van der Waals surface area contributed by atoms with E-state index in [1.807, 2.05) is 11.9 Å². The van der Waals surface area contributed by atoms with Gasteiger partial charge in [0.25, 0.3) is 5.91 Å². The van der Waals surface area contributed by atoms with Crippen LogP contribution in [0.15, 0.2) is 24.5 Å². The van der Waals surface area contributed by atoms with Crippen LogP contribution in [-0.2, 0) is 0 Å². The molecule has 8 nitrogen and oxygen atoms in total. The Bertz CT molecular complexity index is 1020. The molecule has 1 fully saturated rings. The maximum Gasteiger partial charge on any atom is 0.573 e. The fourth-order valence-electron chi connectivity index (χ4n) is 3.18. The van der Waals surface area contributed by atoms with Gasteiger partial charge in [-0.2, -0.15) is 10.4 Å². The number of rotatable bonds is 5. The summed E-state index contributed by atoms with van der Waals surface area (Å²) >= 11 is 1.37. The predicted octanol–water partition coefficient (Wildman–Crippen LogP) is 3.22. The summed E-state index contributed by atoms with van der Waals surface area (Å²) in [4.78, 5) is 18.6. The number of nitrogens with one attached hydrogen (secondary N) is 1.